The van der Waals surface area contributed by atoms with Crippen LogP contribution in [0.2, 0.25) is 0 Å². The summed E-state index contributed by atoms with van der Waals surface area (Å²) in [5.74, 6) is 0. The lowest BCUT2D eigenvalue weighted by molar-refractivity contribution is 0.524. The minimum Gasteiger partial charge on any atom is -0.309 e. The summed E-state index contributed by atoms with van der Waals surface area (Å²) in [5.41, 5.74) is 3.14. The third kappa shape index (κ3) is 4.19. The number of sulfonamides is 1. The molecule has 124 valence electrons. The van der Waals surface area contributed by atoms with Crippen molar-refractivity contribution in [2.75, 3.05) is 6.54 Å². The Morgan fingerprint density at radius 1 is 1.30 bits per heavy atom. The van der Waals surface area contributed by atoms with Crippen LogP contribution in [0.5, 0.6) is 0 Å². The van der Waals surface area contributed by atoms with E-state index in [2.05, 4.69) is 20.2 Å². The summed E-state index contributed by atoms with van der Waals surface area (Å²) in [7, 11) is -3.11. The standard InChI is InChI=1S/C16H22N4O2S/c1-12(9-19-23(21,22)15-7-8-15)17-10-14-11-18-20-16(14)13-5-3-2-4-6-13/h2-6,11-12,15,17,19H,7-10H2,1H3,(H,18,20)/t12-/m0/s1. The van der Waals surface area contributed by atoms with E-state index in [9.17, 15) is 8.42 Å². The van der Waals surface area contributed by atoms with E-state index in [1.54, 1.807) is 6.20 Å². The molecule has 6 nitrogen and oxygen atoms in total. The molecule has 1 aromatic carbocycles. The Balaban J connectivity index is 1.53. The molecule has 1 heterocycles. The van der Waals surface area contributed by atoms with Gasteiger partial charge in [-0.3, -0.25) is 5.10 Å². The number of nitrogens with one attached hydrogen (secondary N) is 3. The van der Waals surface area contributed by atoms with Gasteiger partial charge < -0.3 is 5.32 Å². The summed E-state index contributed by atoms with van der Waals surface area (Å²) in [6, 6.07) is 10.1. The van der Waals surface area contributed by atoms with E-state index in [0.29, 0.717) is 13.1 Å². The van der Waals surface area contributed by atoms with Crippen LogP contribution < -0.4 is 10.0 Å². The van der Waals surface area contributed by atoms with Crippen LogP contribution in [0.25, 0.3) is 11.3 Å². The van der Waals surface area contributed by atoms with Crippen molar-refractivity contribution >= 4 is 10.0 Å². The molecule has 3 rings (SSSR count). The zero-order chi connectivity index (χ0) is 16.3. The maximum absolute atomic E-state index is 11.8. The quantitative estimate of drug-likeness (QED) is 0.685. The molecular weight excluding hydrogens is 312 g/mol. The van der Waals surface area contributed by atoms with Crippen LogP contribution in [-0.4, -0.2) is 36.5 Å². The van der Waals surface area contributed by atoms with Crippen LogP contribution in [0, 0.1) is 0 Å². The molecule has 1 saturated carbocycles. The molecule has 1 aromatic heterocycles. The third-order valence-electron chi connectivity index (χ3n) is 3.98. The molecule has 23 heavy (non-hydrogen) atoms. The molecule has 3 N–H and O–H groups in total. The zero-order valence-electron chi connectivity index (χ0n) is 13.1. The number of nitrogens with zero attached hydrogens (tertiary/aromatic N) is 1. The van der Waals surface area contributed by atoms with Crippen LogP contribution in [-0.2, 0) is 16.6 Å². The van der Waals surface area contributed by atoms with Crippen molar-refractivity contribution in [1.82, 2.24) is 20.2 Å². The third-order valence-corrected chi connectivity index (χ3v) is 5.89. The highest BCUT2D eigenvalue weighted by Gasteiger charge is 2.35. The molecule has 1 aliphatic rings. The van der Waals surface area contributed by atoms with Crippen molar-refractivity contribution in [3.8, 4) is 11.3 Å². The van der Waals surface area contributed by atoms with E-state index in [0.717, 1.165) is 29.7 Å². The van der Waals surface area contributed by atoms with Gasteiger partial charge in [-0.15, -0.1) is 0 Å². The van der Waals surface area contributed by atoms with Crippen molar-refractivity contribution in [2.24, 2.45) is 0 Å². The second-order valence-corrected chi connectivity index (χ2v) is 8.06. The highest BCUT2D eigenvalue weighted by Crippen LogP contribution is 2.27. The van der Waals surface area contributed by atoms with Gasteiger partial charge in [0.05, 0.1) is 17.1 Å². The lowest BCUT2D eigenvalue weighted by Crippen LogP contribution is -2.39. The lowest BCUT2D eigenvalue weighted by atomic mass is 10.1. The Morgan fingerprint density at radius 3 is 2.74 bits per heavy atom. The second kappa shape index (κ2) is 6.82. The molecule has 0 bridgehead atoms. The molecular formula is C16H22N4O2S. The average Bonchev–Trinajstić information content (AvgIpc) is 3.32. The highest BCUT2D eigenvalue weighted by atomic mass is 32.2. The van der Waals surface area contributed by atoms with Crippen LogP contribution in [0.15, 0.2) is 36.5 Å². The average molecular weight is 334 g/mol. The lowest BCUT2D eigenvalue weighted by Gasteiger charge is -2.15. The fraction of sp³-hybridized carbons (Fsp3) is 0.438. The Morgan fingerprint density at radius 2 is 2.04 bits per heavy atom. The number of rotatable bonds is 8. The molecule has 0 amide bonds. The summed E-state index contributed by atoms with van der Waals surface area (Å²) in [6.45, 7) is 3.00. The van der Waals surface area contributed by atoms with Gasteiger partial charge in [-0.2, -0.15) is 5.10 Å². The Hall–Kier alpha value is -1.70. The summed E-state index contributed by atoms with van der Waals surface area (Å²) >= 11 is 0. The molecule has 1 fully saturated rings. The van der Waals surface area contributed by atoms with Crippen LogP contribution in [0.1, 0.15) is 25.3 Å². The van der Waals surface area contributed by atoms with Crippen molar-refractivity contribution in [3.05, 3.63) is 42.1 Å². The van der Waals surface area contributed by atoms with Crippen LogP contribution in [0.4, 0.5) is 0 Å². The molecule has 7 heteroatoms. The Labute approximate surface area is 136 Å². The Kier molecular flexibility index (Phi) is 4.79. The van der Waals surface area contributed by atoms with Gasteiger partial charge in [0, 0.05) is 24.7 Å². The van der Waals surface area contributed by atoms with Crippen molar-refractivity contribution in [1.29, 1.82) is 0 Å². The minimum atomic E-state index is -3.11. The second-order valence-electron chi connectivity index (χ2n) is 6.01. The van der Waals surface area contributed by atoms with Crippen molar-refractivity contribution < 1.29 is 8.42 Å². The molecule has 1 atom stereocenters. The summed E-state index contributed by atoms with van der Waals surface area (Å²) in [5, 5.41) is 10.3. The zero-order valence-corrected chi connectivity index (χ0v) is 13.9. The van der Waals surface area contributed by atoms with Gasteiger partial charge in [0.25, 0.3) is 0 Å². The molecule has 0 spiro atoms. The monoisotopic (exact) mass is 334 g/mol. The summed E-state index contributed by atoms with van der Waals surface area (Å²) in [4.78, 5) is 0. The number of H-pyrrole nitrogens is 1. The fourth-order valence-electron chi connectivity index (χ4n) is 2.39. The predicted molar refractivity (Wildman–Crippen MR) is 90.3 cm³/mol. The predicted octanol–water partition coefficient (Wildman–Crippen LogP) is 1.64. The van der Waals surface area contributed by atoms with E-state index < -0.39 is 10.0 Å². The molecule has 2 aromatic rings. The van der Waals surface area contributed by atoms with E-state index in [1.165, 1.54) is 0 Å². The van der Waals surface area contributed by atoms with Gasteiger partial charge in [0.1, 0.15) is 0 Å². The smallest absolute Gasteiger partial charge is 0.214 e. The first kappa shape index (κ1) is 16.2. The minimum absolute atomic E-state index is 0.0436. The largest absolute Gasteiger partial charge is 0.309 e. The van der Waals surface area contributed by atoms with Gasteiger partial charge in [-0.25, -0.2) is 13.1 Å². The number of aromatic amines is 1. The van der Waals surface area contributed by atoms with Gasteiger partial charge in [-0.05, 0) is 25.3 Å². The number of benzene rings is 1. The topological polar surface area (TPSA) is 86.9 Å². The normalized spacial score (nSPS) is 16.4. The molecule has 0 aliphatic heterocycles. The number of hydrogen-bond donors (Lipinski definition) is 3. The van der Waals surface area contributed by atoms with Gasteiger partial charge in [0.15, 0.2) is 0 Å². The van der Waals surface area contributed by atoms with E-state index in [-0.39, 0.29) is 11.3 Å². The maximum Gasteiger partial charge on any atom is 0.214 e. The van der Waals surface area contributed by atoms with Gasteiger partial charge in [-0.1, -0.05) is 30.3 Å². The van der Waals surface area contributed by atoms with Crippen molar-refractivity contribution in [3.63, 3.8) is 0 Å². The Bertz CT molecular complexity index is 738. The van der Waals surface area contributed by atoms with E-state index in [4.69, 9.17) is 0 Å². The van der Waals surface area contributed by atoms with E-state index >= 15 is 0 Å². The SMILES string of the molecule is C[C@@H](CNS(=O)(=O)C1CC1)NCc1cn[nH]c1-c1ccccc1. The van der Waals surface area contributed by atoms with Crippen LogP contribution in [0.3, 0.4) is 0 Å². The van der Waals surface area contributed by atoms with Gasteiger partial charge in [0.2, 0.25) is 10.0 Å². The van der Waals surface area contributed by atoms with Crippen molar-refractivity contribution in [2.45, 2.75) is 37.6 Å². The van der Waals surface area contributed by atoms with Crippen LogP contribution >= 0.6 is 0 Å². The number of hydrogen-bond acceptors (Lipinski definition) is 4. The first-order valence-corrected chi connectivity index (χ1v) is 9.40. The highest BCUT2D eigenvalue weighted by molar-refractivity contribution is 7.90. The summed E-state index contributed by atoms with van der Waals surface area (Å²) in [6.07, 6.45) is 3.37. The molecule has 0 saturated heterocycles. The number of aromatic nitrogens is 2. The van der Waals surface area contributed by atoms with Gasteiger partial charge >= 0.3 is 0 Å². The first-order chi connectivity index (χ1) is 11.1. The molecule has 0 unspecified atom stereocenters. The molecule has 0 radical (unpaired) electrons. The first-order valence-electron chi connectivity index (χ1n) is 7.86. The molecule has 1 aliphatic carbocycles. The van der Waals surface area contributed by atoms with E-state index in [1.807, 2.05) is 37.3 Å². The fourth-order valence-corrected chi connectivity index (χ4v) is 3.87. The maximum atomic E-state index is 11.8. The summed E-state index contributed by atoms with van der Waals surface area (Å²) < 4.78 is 26.3.